The average molecular weight is 431 g/mol. The van der Waals surface area contributed by atoms with Gasteiger partial charge in [-0.15, -0.1) is 0 Å². The molecule has 0 spiro atoms. The van der Waals surface area contributed by atoms with E-state index in [1.54, 1.807) is 6.20 Å². The number of nitrogens with one attached hydrogen (secondary N) is 2. The number of anilines is 2. The summed E-state index contributed by atoms with van der Waals surface area (Å²) in [6.45, 7) is 4.03. The van der Waals surface area contributed by atoms with Crippen LogP contribution in [0.5, 0.6) is 0 Å². The number of rotatable bonds is 2. The normalized spacial score (nSPS) is 18.2. The van der Waals surface area contributed by atoms with E-state index in [-0.39, 0.29) is 22.7 Å². The van der Waals surface area contributed by atoms with Crippen molar-refractivity contribution < 1.29 is 13.5 Å². The molecule has 10 heteroatoms. The van der Waals surface area contributed by atoms with Crippen molar-refractivity contribution in [3.05, 3.63) is 52.8 Å². The number of hydrogen-bond acceptors (Lipinski definition) is 6. The maximum atomic E-state index is 14.4. The zero-order valence-electron chi connectivity index (χ0n) is 15.9. The minimum Gasteiger partial charge on any atom is -0.375 e. The van der Waals surface area contributed by atoms with Gasteiger partial charge in [0.15, 0.2) is 5.15 Å². The Labute approximate surface area is 175 Å². The van der Waals surface area contributed by atoms with E-state index in [0.717, 1.165) is 5.82 Å². The fraction of sp³-hybridized carbons (Fsp3) is 0.250. The number of aromatic amines is 1. The smallest absolute Gasteiger partial charge is 0.150 e. The third-order valence-corrected chi connectivity index (χ3v) is 5.35. The number of pyridine rings is 1. The lowest BCUT2D eigenvalue weighted by Gasteiger charge is -2.32. The minimum atomic E-state index is -0.738. The van der Waals surface area contributed by atoms with Crippen molar-refractivity contribution in [2.45, 2.75) is 13.0 Å². The lowest BCUT2D eigenvalue weighted by Crippen LogP contribution is -2.41. The van der Waals surface area contributed by atoms with E-state index in [4.69, 9.17) is 16.3 Å². The molecule has 2 aliphatic heterocycles. The van der Waals surface area contributed by atoms with Gasteiger partial charge in [-0.2, -0.15) is 5.10 Å². The predicted molar refractivity (Wildman–Crippen MR) is 111 cm³/mol. The van der Waals surface area contributed by atoms with E-state index in [1.807, 2.05) is 13.0 Å². The predicted octanol–water partition coefficient (Wildman–Crippen LogP) is 4.13. The lowest BCUT2D eigenvalue weighted by atomic mass is 10.1. The van der Waals surface area contributed by atoms with E-state index in [1.165, 1.54) is 18.2 Å². The van der Waals surface area contributed by atoms with Crippen LogP contribution in [0.3, 0.4) is 0 Å². The van der Waals surface area contributed by atoms with Gasteiger partial charge in [0.2, 0.25) is 0 Å². The Morgan fingerprint density at radius 2 is 2.07 bits per heavy atom. The van der Waals surface area contributed by atoms with Gasteiger partial charge in [0.25, 0.3) is 0 Å². The number of nitrogens with zero attached hydrogens (tertiary/aromatic N) is 4. The molecule has 3 aromatic rings. The van der Waals surface area contributed by atoms with Crippen LogP contribution in [-0.2, 0) is 4.74 Å². The zero-order chi connectivity index (χ0) is 20.8. The van der Waals surface area contributed by atoms with Crippen LogP contribution in [0.15, 0.2) is 35.5 Å². The number of ether oxygens (including phenoxy) is 1. The van der Waals surface area contributed by atoms with Crippen LogP contribution in [0.1, 0.15) is 12.5 Å². The number of H-pyrrole nitrogens is 1. The highest BCUT2D eigenvalue weighted by Crippen LogP contribution is 2.42. The van der Waals surface area contributed by atoms with E-state index < -0.39 is 11.6 Å². The summed E-state index contributed by atoms with van der Waals surface area (Å²) < 4.78 is 34.5. The van der Waals surface area contributed by atoms with E-state index >= 15 is 0 Å². The number of hydrogen-bond donors (Lipinski definition) is 2. The second-order valence-corrected chi connectivity index (χ2v) is 7.51. The Balaban J connectivity index is 1.64. The molecule has 0 saturated carbocycles. The van der Waals surface area contributed by atoms with Crippen molar-refractivity contribution in [2.24, 2.45) is 4.99 Å². The van der Waals surface area contributed by atoms with Gasteiger partial charge in [0, 0.05) is 18.7 Å². The van der Waals surface area contributed by atoms with Crippen molar-refractivity contribution in [3.8, 4) is 11.3 Å². The second kappa shape index (κ2) is 7.33. The van der Waals surface area contributed by atoms with Crippen LogP contribution in [-0.4, -0.2) is 46.8 Å². The van der Waals surface area contributed by atoms with Crippen LogP contribution < -0.4 is 10.2 Å². The minimum absolute atomic E-state index is 0.0107. The molecule has 0 amide bonds. The molecule has 0 aliphatic carbocycles. The van der Waals surface area contributed by atoms with Crippen molar-refractivity contribution in [1.29, 1.82) is 0 Å². The molecule has 2 N–H and O–H groups in total. The summed E-state index contributed by atoms with van der Waals surface area (Å²) in [6, 6.07) is 5.51. The Hall–Kier alpha value is -3.04. The summed E-state index contributed by atoms with van der Waals surface area (Å²) in [7, 11) is 0. The standard InChI is InChI=1S/C20H17ClF2N6O/c1-10-9-29(5-6-30-10)15-7-11-14(8-24-15)25-20(16-12(22)3-2-4-13(16)23)26-18-17(11)27-28-19(18)21/h2-4,7-8,10H,5-6,9H2,1H3,(H,25,26)(H,27,28). The van der Waals surface area contributed by atoms with E-state index in [9.17, 15) is 8.78 Å². The van der Waals surface area contributed by atoms with Gasteiger partial charge >= 0.3 is 0 Å². The first-order valence-electron chi connectivity index (χ1n) is 9.42. The summed E-state index contributed by atoms with van der Waals surface area (Å²) in [6.07, 6.45) is 1.70. The largest absolute Gasteiger partial charge is 0.375 e. The number of amidine groups is 1. The van der Waals surface area contributed by atoms with Gasteiger partial charge < -0.3 is 15.0 Å². The highest BCUT2D eigenvalue weighted by Gasteiger charge is 2.27. The van der Waals surface area contributed by atoms with Gasteiger partial charge in [0.05, 0.1) is 30.2 Å². The average Bonchev–Trinajstić information content (AvgIpc) is 2.99. The summed E-state index contributed by atoms with van der Waals surface area (Å²) in [5.41, 5.74) is 1.68. The van der Waals surface area contributed by atoms with Crippen LogP contribution in [0, 0.1) is 11.6 Å². The molecule has 0 bridgehead atoms. The molecule has 0 radical (unpaired) electrons. The molecule has 7 nitrogen and oxygen atoms in total. The number of fused-ring (bicyclic) bond motifs is 3. The van der Waals surface area contributed by atoms with Gasteiger partial charge in [-0.25, -0.2) is 18.8 Å². The molecule has 1 atom stereocenters. The summed E-state index contributed by atoms with van der Waals surface area (Å²) in [5, 5.41) is 10.1. The molecule has 30 heavy (non-hydrogen) atoms. The molecule has 1 fully saturated rings. The molecule has 4 heterocycles. The molecule has 5 rings (SSSR count). The fourth-order valence-corrected chi connectivity index (χ4v) is 3.83. The fourth-order valence-electron chi connectivity index (χ4n) is 3.65. The van der Waals surface area contributed by atoms with E-state index in [2.05, 4.69) is 30.4 Å². The van der Waals surface area contributed by atoms with E-state index in [0.29, 0.717) is 42.3 Å². The maximum absolute atomic E-state index is 14.4. The molecule has 1 aromatic carbocycles. The van der Waals surface area contributed by atoms with Gasteiger partial charge in [-0.1, -0.05) is 17.7 Å². The molecular formula is C20H17ClF2N6O. The van der Waals surface area contributed by atoms with Crippen LogP contribution in [0.2, 0.25) is 5.15 Å². The lowest BCUT2D eigenvalue weighted by molar-refractivity contribution is 0.0529. The van der Waals surface area contributed by atoms with Crippen molar-refractivity contribution in [1.82, 2.24) is 15.2 Å². The summed E-state index contributed by atoms with van der Waals surface area (Å²) >= 11 is 6.25. The molecule has 2 aromatic heterocycles. The van der Waals surface area contributed by atoms with Crippen LogP contribution in [0.25, 0.3) is 11.3 Å². The first-order chi connectivity index (χ1) is 14.5. The van der Waals surface area contributed by atoms with Crippen molar-refractivity contribution in [3.63, 3.8) is 0 Å². The SMILES string of the molecule is CC1CN(c2cc3c(cn2)NC(c2c(F)cccc2F)=Nc2c-3n[nH]c2Cl)CCO1. The van der Waals surface area contributed by atoms with Gasteiger partial charge in [-0.3, -0.25) is 5.10 Å². The third kappa shape index (κ3) is 3.20. The molecule has 1 saturated heterocycles. The topological polar surface area (TPSA) is 78.4 Å². The molecular weight excluding hydrogens is 414 g/mol. The number of aliphatic imine (C=N–C) groups is 1. The Morgan fingerprint density at radius 1 is 1.27 bits per heavy atom. The molecule has 2 aliphatic rings. The van der Waals surface area contributed by atoms with Crippen molar-refractivity contribution >= 4 is 34.6 Å². The highest BCUT2D eigenvalue weighted by molar-refractivity contribution is 6.33. The monoisotopic (exact) mass is 430 g/mol. The first-order valence-corrected chi connectivity index (χ1v) is 9.80. The number of morpholine rings is 1. The second-order valence-electron chi connectivity index (χ2n) is 7.13. The first kappa shape index (κ1) is 19.0. The van der Waals surface area contributed by atoms with Gasteiger partial charge in [-0.05, 0) is 25.1 Å². The zero-order valence-corrected chi connectivity index (χ0v) is 16.7. The van der Waals surface area contributed by atoms with Crippen LogP contribution in [0.4, 0.5) is 26.0 Å². The maximum Gasteiger partial charge on any atom is 0.150 e. The third-order valence-electron chi connectivity index (χ3n) is 5.08. The highest BCUT2D eigenvalue weighted by atomic mass is 35.5. The molecule has 1 unspecified atom stereocenters. The Morgan fingerprint density at radius 3 is 2.83 bits per heavy atom. The quantitative estimate of drug-likeness (QED) is 0.639. The summed E-state index contributed by atoms with van der Waals surface area (Å²) in [5.74, 6) is -0.741. The summed E-state index contributed by atoms with van der Waals surface area (Å²) in [4.78, 5) is 11.1. The molecule has 154 valence electrons. The number of halogens is 3. The number of benzene rings is 1. The Kier molecular flexibility index (Phi) is 4.63. The van der Waals surface area contributed by atoms with Crippen LogP contribution >= 0.6 is 11.6 Å². The number of aromatic nitrogens is 3. The van der Waals surface area contributed by atoms with Crippen molar-refractivity contribution in [2.75, 3.05) is 29.9 Å². The Bertz CT molecular complexity index is 1140. The van der Waals surface area contributed by atoms with Gasteiger partial charge in [0.1, 0.15) is 34.7 Å².